The number of nitrogens with zero attached hydrogens (tertiary/aromatic N) is 2. The standard InChI is InChI=1S/C15H19N3O2/c1-11-13(19)18(10-12-6-2-5-9-16-12)15(14(20)17-11)7-3-4-8-15/h2,5-6,9,11H,3-4,7-8,10H2,1H3,(H,17,20). The Morgan fingerprint density at radius 1 is 1.35 bits per heavy atom. The molecule has 2 aliphatic rings. The number of carbonyl (C=O) groups is 2. The minimum absolute atomic E-state index is 0.00182. The van der Waals surface area contributed by atoms with E-state index in [0.717, 1.165) is 31.4 Å². The molecule has 1 atom stereocenters. The van der Waals surface area contributed by atoms with Gasteiger partial charge in [0.25, 0.3) is 0 Å². The fraction of sp³-hybridized carbons (Fsp3) is 0.533. The maximum atomic E-state index is 12.5. The average Bonchev–Trinajstić information content (AvgIpc) is 2.94. The van der Waals surface area contributed by atoms with Gasteiger partial charge in [0.2, 0.25) is 11.8 Å². The molecule has 1 saturated heterocycles. The Balaban J connectivity index is 1.94. The van der Waals surface area contributed by atoms with Gasteiger partial charge in [0, 0.05) is 6.20 Å². The van der Waals surface area contributed by atoms with E-state index in [2.05, 4.69) is 10.3 Å². The van der Waals surface area contributed by atoms with E-state index in [1.807, 2.05) is 18.2 Å². The number of rotatable bonds is 2. The Kier molecular flexibility index (Phi) is 3.20. The smallest absolute Gasteiger partial charge is 0.246 e. The first kappa shape index (κ1) is 13.1. The summed E-state index contributed by atoms with van der Waals surface area (Å²) < 4.78 is 0. The van der Waals surface area contributed by atoms with Crippen molar-refractivity contribution in [1.82, 2.24) is 15.2 Å². The maximum absolute atomic E-state index is 12.5. The first-order valence-corrected chi connectivity index (χ1v) is 7.16. The topological polar surface area (TPSA) is 62.3 Å². The highest BCUT2D eigenvalue weighted by atomic mass is 16.2. The summed E-state index contributed by atoms with van der Waals surface area (Å²) in [6, 6.07) is 5.20. The molecule has 1 aliphatic carbocycles. The normalized spacial score (nSPS) is 25.1. The molecule has 1 spiro atoms. The van der Waals surface area contributed by atoms with Crippen molar-refractivity contribution in [2.45, 2.75) is 50.7 Å². The number of amides is 2. The molecule has 1 aromatic rings. The van der Waals surface area contributed by atoms with Crippen molar-refractivity contribution in [3.63, 3.8) is 0 Å². The van der Waals surface area contributed by atoms with Gasteiger partial charge in [-0.05, 0) is 31.9 Å². The van der Waals surface area contributed by atoms with Crippen molar-refractivity contribution >= 4 is 11.8 Å². The van der Waals surface area contributed by atoms with Crippen LogP contribution in [0.4, 0.5) is 0 Å². The van der Waals surface area contributed by atoms with Crippen LogP contribution in [0.5, 0.6) is 0 Å². The second-order valence-corrected chi connectivity index (χ2v) is 5.68. The van der Waals surface area contributed by atoms with Crippen LogP contribution in [0.3, 0.4) is 0 Å². The number of nitrogens with one attached hydrogen (secondary N) is 1. The van der Waals surface area contributed by atoms with Crippen molar-refractivity contribution in [3.05, 3.63) is 30.1 Å². The Hall–Kier alpha value is -1.91. The van der Waals surface area contributed by atoms with E-state index in [-0.39, 0.29) is 11.8 Å². The van der Waals surface area contributed by atoms with Gasteiger partial charge in [0.1, 0.15) is 11.6 Å². The molecule has 3 rings (SSSR count). The Labute approximate surface area is 118 Å². The molecule has 2 amide bonds. The van der Waals surface area contributed by atoms with E-state index in [9.17, 15) is 9.59 Å². The van der Waals surface area contributed by atoms with Crippen LogP contribution >= 0.6 is 0 Å². The van der Waals surface area contributed by atoms with Gasteiger partial charge in [-0.15, -0.1) is 0 Å². The Morgan fingerprint density at radius 2 is 2.10 bits per heavy atom. The van der Waals surface area contributed by atoms with Crippen molar-refractivity contribution < 1.29 is 9.59 Å². The first-order valence-electron chi connectivity index (χ1n) is 7.16. The molecule has 1 aromatic heterocycles. The Morgan fingerprint density at radius 3 is 2.75 bits per heavy atom. The van der Waals surface area contributed by atoms with Gasteiger partial charge in [-0.25, -0.2) is 0 Å². The van der Waals surface area contributed by atoms with Crippen LogP contribution in [-0.2, 0) is 16.1 Å². The first-order chi connectivity index (χ1) is 9.63. The fourth-order valence-electron chi connectivity index (χ4n) is 3.30. The van der Waals surface area contributed by atoms with Gasteiger partial charge in [-0.2, -0.15) is 0 Å². The van der Waals surface area contributed by atoms with Crippen molar-refractivity contribution in [2.24, 2.45) is 0 Å². The lowest BCUT2D eigenvalue weighted by Crippen LogP contribution is -2.68. The zero-order valence-electron chi connectivity index (χ0n) is 11.6. The summed E-state index contributed by atoms with van der Waals surface area (Å²) in [5.41, 5.74) is 0.176. The molecule has 2 fully saturated rings. The molecule has 5 nitrogen and oxygen atoms in total. The molecular formula is C15H19N3O2. The van der Waals surface area contributed by atoms with Crippen LogP contribution in [0.25, 0.3) is 0 Å². The van der Waals surface area contributed by atoms with Crippen LogP contribution in [0.15, 0.2) is 24.4 Å². The van der Waals surface area contributed by atoms with E-state index in [4.69, 9.17) is 0 Å². The third kappa shape index (κ3) is 1.97. The predicted molar refractivity (Wildman–Crippen MR) is 73.6 cm³/mol. The summed E-state index contributed by atoms with van der Waals surface area (Å²) in [4.78, 5) is 31.0. The highest BCUT2D eigenvalue weighted by molar-refractivity contribution is 5.99. The zero-order chi connectivity index (χ0) is 14.2. The second kappa shape index (κ2) is 4.89. The van der Waals surface area contributed by atoms with E-state index in [0.29, 0.717) is 6.54 Å². The highest BCUT2D eigenvalue weighted by Gasteiger charge is 2.52. The molecule has 20 heavy (non-hydrogen) atoms. The van der Waals surface area contributed by atoms with Gasteiger partial charge >= 0.3 is 0 Å². The molecule has 1 unspecified atom stereocenters. The minimum Gasteiger partial charge on any atom is -0.343 e. The quantitative estimate of drug-likeness (QED) is 0.882. The van der Waals surface area contributed by atoms with Crippen LogP contribution in [0.1, 0.15) is 38.3 Å². The van der Waals surface area contributed by atoms with E-state index < -0.39 is 11.6 Å². The molecule has 106 valence electrons. The summed E-state index contributed by atoms with van der Waals surface area (Å²) in [5, 5.41) is 2.83. The number of hydrogen-bond acceptors (Lipinski definition) is 3. The molecule has 2 heterocycles. The molecule has 1 aliphatic heterocycles. The molecule has 0 radical (unpaired) electrons. The Bertz CT molecular complexity index is 523. The molecule has 1 N–H and O–H groups in total. The summed E-state index contributed by atoms with van der Waals surface area (Å²) >= 11 is 0. The number of hydrogen-bond donors (Lipinski definition) is 1. The number of piperazine rings is 1. The van der Waals surface area contributed by atoms with Crippen molar-refractivity contribution in [1.29, 1.82) is 0 Å². The number of aromatic nitrogens is 1. The lowest BCUT2D eigenvalue weighted by atomic mass is 9.89. The van der Waals surface area contributed by atoms with E-state index in [1.54, 1.807) is 18.0 Å². The molecule has 0 bridgehead atoms. The lowest BCUT2D eigenvalue weighted by molar-refractivity contribution is -0.157. The molecular weight excluding hydrogens is 254 g/mol. The average molecular weight is 273 g/mol. The summed E-state index contributed by atoms with van der Waals surface area (Å²) in [7, 11) is 0. The SMILES string of the molecule is CC1NC(=O)C2(CCCC2)N(Cc2ccccn2)C1=O. The van der Waals surface area contributed by atoms with Gasteiger partial charge in [0.15, 0.2) is 0 Å². The third-order valence-electron chi connectivity index (χ3n) is 4.40. The van der Waals surface area contributed by atoms with Crippen molar-refractivity contribution in [3.8, 4) is 0 Å². The summed E-state index contributed by atoms with van der Waals surface area (Å²) in [6.45, 7) is 2.16. The molecule has 5 heteroatoms. The molecule has 1 saturated carbocycles. The number of carbonyl (C=O) groups excluding carboxylic acids is 2. The van der Waals surface area contributed by atoms with Crippen molar-refractivity contribution in [2.75, 3.05) is 0 Å². The number of pyridine rings is 1. The molecule has 0 aromatic carbocycles. The van der Waals surface area contributed by atoms with Gasteiger partial charge in [-0.3, -0.25) is 14.6 Å². The summed E-state index contributed by atoms with van der Waals surface area (Å²) in [5.74, 6) is -0.00446. The zero-order valence-corrected chi connectivity index (χ0v) is 11.6. The van der Waals surface area contributed by atoms with Crippen LogP contribution < -0.4 is 5.32 Å². The largest absolute Gasteiger partial charge is 0.343 e. The highest BCUT2D eigenvalue weighted by Crippen LogP contribution is 2.38. The lowest BCUT2D eigenvalue weighted by Gasteiger charge is -2.45. The minimum atomic E-state index is -0.652. The van der Waals surface area contributed by atoms with Gasteiger partial charge < -0.3 is 10.2 Å². The van der Waals surface area contributed by atoms with E-state index in [1.165, 1.54) is 0 Å². The summed E-state index contributed by atoms with van der Waals surface area (Å²) in [6.07, 6.45) is 5.21. The second-order valence-electron chi connectivity index (χ2n) is 5.68. The third-order valence-corrected chi connectivity index (χ3v) is 4.40. The van der Waals surface area contributed by atoms with Gasteiger partial charge in [-0.1, -0.05) is 18.9 Å². The van der Waals surface area contributed by atoms with Crippen LogP contribution in [-0.4, -0.2) is 33.3 Å². The fourth-order valence-corrected chi connectivity index (χ4v) is 3.30. The van der Waals surface area contributed by atoms with Crippen LogP contribution in [0.2, 0.25) is 0 Å². The maximum Gasteiger partial charge on any atom is 0.246 e. The van der Waals surface area contributed by atoms with Crippen LogP contribution in [0, 0.1) is 0 Å². The van der Waals surface area contributed by atoms with Gasteiger partial charge in [0.05, 0.1) is 12.2 Å². The van der Waals surface area contributed by atoms with E-state index >= 15 is 0 Å². The predicted octanol–water partition coefficient (Wildman–Crippen LogP) is 1.24. The monoisotopic (exact) mass is 273 g/mol.